The van der Waals surface area contributed by atoms with Crippen molar-refractivity contribution in [3.05, 3.63) is 42.0 Å². The molecule has 1 nitrogen and oxygen atoms in total. The molecule has 0 heterocycles. The molecule has 0 bridgehead atoms. The molecule has 0 unspecified atom stereocenters. The lowest BCUT2D eigenvalue weighted by Crippen LogP contribution is -2.01. The lowest BCUT2D eigenvalue weighted by Gasteiger charge is -2.08. The monoisotopic (exact) mass is 191 g/mol. The third-order valence-corrected chi connectivity index (χ3v) is 2.17. The van der Waals surface area contributed by atoms with E-state index in [1.807, 2.05) is 6.92 Å². The second-order valence-corrected chi connectivity index (χ2v) is 4.09. The Morgan fingerprint density at radius 1 is 1.36 bits per heavy atom. The molecule has 0 aliphatic carbocycles. The summed E-state index contributed by atoms with van der Waals surface area (Å²) in [6, 6.07) is 8.59. The van der Waals surface area contributed by atoms with Crippen LogP contribution in [0.4, 0.5) is 5.69 Å². The largest absolute Gasteiger partial charge is 0.381 e. The first-order chi connectivity index (χ1) is 6.59. The molecule has 0 aromatic heterocycles. The molecule has 1 aromatic carbocycles. The maximum Gasteiger partial charge on any atom is 0.0354 e. The minimum Gasteiger partial charge on any atom is -0.381 e. The van der Waals surface area contributed by atoms with Gasteiger partial charge in [0.2, 0.25) is 0 Å². The van der Waals surface area contributed by atoms with E-state index in [1.165, 1.54) is 5.56 Å². The first kappa shape index (κ1) is 10.8. The molecule has 0 fully saturated rings. The van der Waals surface area contributed by atoms with Crippen molar-refractivity contribution in [2.45, 2.75) is 26.7 Å². The van der Waals surface area contributed by atoms with Crippen molar-refractivity contribution in [1.82, 2.24) is 0 Å². The Kier molecular flexibility index (Phi) is 3.75. The van der Waals surface area contributed by atoms with Crippen LogP contribution in [0.3, 0.4) is 0 Å². The number of nitrogens with one attached hydrogen (secondary N) is 1. The number of hydrogen-bond donors (Lipinski definition) is 1. The van der Waals surface area contributed by atoms with Gasteiger partial charge in [-0.25, -0.2) is 0 Å². The molecular weight excluding hydrogens is 170 g/mol. The van der Waals surface area contributed by atoms with E-state index < -0.39 is 0 Å². The van der Waals surface area contributed by atoms with E-state index in [-0.39, 0.29) is 1.43 Å². The average molecular weight is 191 g/mol. The minimum absolute atomic E-state index is 0. The molecule has 78 valence electrons. The van der Waals surface area contributed by atoms with Crippen molar-refractivity contribution in [2.75, 3.05) is 11.9 Å². The van der Waals surface area contributed by atoms with Gasteiger partial charge in [-0.2, -0.15) is 0 Å². The highest BCUT2D eigenvalue weighted by Crippen LogP contribution is 2.17. The molecule has 0 atom stereocenters. The van der Waals surface area contributed by atoms with Gasteiger partial charge in [-0.3, -0.25) is 0 Å². The Balaban J connectivity index is 0.00000196. The molecule has 14 heavy (non-hydrogen) atoms. The topological polar surface area (TPSA) is 12.0 Å². The lowest BCUT2D eigenvalue weighted by atomic mass is 10.0. The van der Waals surface area contributed by atoms with E-state index in [4.69, 9.17) is 0 Å². The Hall–Kier alpha value is -1.24. The van der Waals surface area contributed by atoms with E-state index in [9.17, 15) is 0 Å². The third-order valence-electron chi connectivity index (χ3n) is 2.17. The summed E-state index contributed by atoms with van der Waals surface area (Å²) in [5, 5.41) is 3.31. The Morgan fingerprint density at radius 3 is 2.36 bits per heavy atom. The molecule has 0 spiro atoms. The number of benzene rings is 1. The summed E-state index contributed by atoms with van der Waals surface area (Å²) < 4.78 is 0. The van der Waals surface area contributed by atoms with Crippen LogP contribution in [0.25, 0.3) is 0 Å². The first-order valence-electron chi connectivity index (χ1n) is 5.08. The summed E-state index contributed by atoms with van der Waals surface area (Å²) in [5.74, 6) is 0.602. The van der Waals surface area contributed by atoms with Crippen molar-refractivity contribution >= 4 is 5.69 Å². The molecule has 1 rings (SSSR count). The Labute approximate surface area is 88.3 Å². The van der Waals surface area contributed by atoms with Crippen LogP contribution in [0.5, 0.6) is 0 Å². The smallest absolute Gasteiger partial charge is 0.0354 e. The van der Waals surface area contributed by atoms with E-state index in [1.54, 1.807) is 0 Å². The summed E-state index contributed by atoms with van der Waals surface area (Å²) in [7, 11) is 0. The summed E-state index contributed by atoms with van der Waals surface area (Å²) in [6.07, 6.45) is 0. The number of anilines is 1. The summed E-state index contributed by atoms with van der Waals surface area (Å²) in [4.78, 5) is 0. The molecule has 0 aliphatic rings. The van der Waals surface area contributed by atoms with E-state index >= 15 is 0 Å². The molecular formula is C13H21N. The second kappa shape index (κ2) is 4.85. The van der Waals surface area contributed by atoms with Gasteiger partial charge < -0.3 is 5.32 Å². The van der Waals surface area contributed by atoms with Gasteiger partial charge in [0.25, 0.3) is 0 Å². The molecule has 1 heteroatoms. The fourth-order valence-corrected chi connectivity index (χ4v) is 1.24. The van der Waals surface area contributed by atoms with Gasteiger partial charge in [-0.05, 0) is 30.5 Å². The van der Waals surface area contributed by atoms with Crippen LogP contribution in [0.1, 0.15) is 33.7 Å². The van der Waals surface area contributed by atoms with Crippen molar-refractivity contribution in [2.24, 2.45) is 0 Å². The predicted molar refractivity (Wildman–Crippen MR) is 65.9 cm³/mol. The molecule has 1 N–H and O–H groups in total. The normalized spacial score (nSPS) is 10.3. The molecule has 0 saturated heterocycles. The van der Waals surface area contributed by atoms with Crippen molar-refractivity contribution < 1.29 is 1.43 Å². The van der Waals surface area contributed by atoms with Gasteiger partial charge >= 0.3 is 0 Å². The SMILES string of the molecule is C=C(C)CNc1ccc(C(C)C)cc1.[HH]. The van der Waals surface area contributed by atoms with E-state index in [0.29, 0.717) is 5.92 Å². The maximum absolute atomic E-state index is 3.85. The van der Waals surface area contributed by atoms with Crippen LogP contribution < -0.4 is 5.32 Å². The minimum atomic E-state index is 0. The second-order valence-electron chi connectivity index (χ2n) is 4.09. The van der Waals surface area contributed by atoms with Crippen molar-refractivity contribution in [3.8, 4) is 0 Å². The fourth-order valence-electron chi connectivity index (χ4n) is 1.24. The van der Waals surface area contributed by atoms with Crippen LogP contribution in [0.15, 0.2) is 36.4 Å². The highest BCUT2D eigenvalue weighted by Gasteiger charge is 1.97. The summed E-state index contributed by atoms with van der Waals surface area (Å²) in [5.41, 5.74) is 3.70. The zero-order chi connectivity index (χ0) is 10.6. The van der Waals surface area contributed by atoms with Crippen LogP contribution in [-0.4, -0.2) is 6.54 Å². The zero-order valence-corrected chi connectivity index (χ0v) is 9.30. The van der Waals surface area contributed by atoms with E-state index in [2.05, 4.69) is 50.0 Å². The fraction of sp³-hybridized carbons (Fsp3) is 0.385. The first-order valence-corrected chi connectivity index (χ1v) is 5.08. The number of rotatable bonds is 4. The van der Waals surface area contributed by atoms with Crippen LogP contribution in [0, 0.1) is 0 Å². The lowest BCUT2D eigenvalue weighted by molar-refractivity contribution is 0.867. The average Bonchev–Trinajstić information content (AvgIpc) is 2.15. The molecule has 1 aromatic rings. The Morgan fingerprint density at radius 2 is 1.93 bits per heavy atom. The van der Waals surface area contributed by atoms with Gasteiger partial charge in [0.15, 0.2) is 0 Å². The van der Waals surface area contributed by atoms with Gasteiger partial charge in [0.05, 0.1) is 0 Å². The Bertz CT molecular complexity index is 301. The standard InChI is InChI=1S/C13H19N.H2/c1-10(2)9-14-13-7-5-12(6-8-13)11(3)4;/h5-8,11,14H,1,9H2,2-4H3;1H. The van der Waals surface area contributed by atoms with E-state index in [0.717, 1.165) is 17.8 Å². The van der Waals surface area contributed by atoms with Crippen LogP contribution >= 0.6 is 0 Å². The van der Waals surface area contributed by atoms with Gasteiger partial charge in [-0.15, -0.1) is 0 Å². The third kappa shape index (κ3) is 3.25. The van der Waals surface area contributed by atoms with Gasteiger partial charge in [-0.1, -0.05) is 38.1 Å². The van der Waals surface area contributed by atoms with Crippen molar-refractivity contribution in [3.63, 3.8) is 0 Å². The zero-order valence-electron chi connectivity index (χ0n) is 9.30. The molecule has 0 saturated carbocycles. The quantitative estimate of drug-likeness (QED) is 0.708. The summed E-state index contributed by atoms with van der Waals surface area (Å²) in [6.45, 7) is 11.1. The van der Waals surface area contributed by atoms with Crippen LogP contribution in [-0.2, 0) is 0 Å². The van der Waals surface area contributed by atoms with Gasteiger partial charge in [0.1, 0.15) is 0 Å². The predicted octanol–water partition coefficient (Wildman–Crippen LogP) is 4.04. The number of hydrogen-bond acceptors (Lipinski definition) is 1. The highest BCUT2D eigenvalue weighted by atomic mass is 14.9. The molecule has 0 aliphatic heterocycles. The highest BCUT2D eigenvalue weighted by molar-refractivity contribution is 5.45. The molecule has 0 amide bonds. The van der Waals surface area contributed by atoms with Crippen molar-refractivity contribution in [1.29, 1.82) is 0 Å². The van der Waals surface area contributed by atoms with Crippen LogP contribution in [0.2, 0.25) is 0 Å². The maximum atomic E-state index is 3.85. The van der Waals surface area contributed by atoms with Gasteiger partial charge in [0, 0.05) is 13.7 Å². The summed E-state index contributed by atoms with van der Waals surface area (Å²) >= 11 is 0. The molecule has 0 radical (unpaired) electrons.